The number of benzene rings is 1. The molecular weight excluding hydrogens is 588 g/mol. The first-order valence-electron chi connectivity index (χ1n) is 20.3. The van der Waals surface area contributed by atoms with Gasteiger partial charge in [-0.25, -0.2) is 0 Å². The quantitative estimate of drug-likeness (QED) is 0.223. The Morgan fingerprint density at radius 2 is 0.958 bits per heavy atom. The number of hydrogen-bond acceptors (Lipinski definition) is 2. The molecule has 0 aromatic heterocycles. The van der Waals surface area contributed by atoms with Gasteiger partial charge in [0.05, 0.1) is 0 Å². The first-order valence-corrected chi connectivity index (χ1v) is 20.3. The van der Waals surface area contributed by atoms with Crippen molar-refractivity contribution in [1.29, 1.82) is 0 Å². The summed E-state index contributed by atoms with van der Waals surface area (Å²) in [6, 6.07) is 8.54. The summed E-state index contributed by atoms with van der Waals surface area (Å²) in [7, 11) is 0. The van der Waals surface area contributed by atoms with E-state index in [0.29, 0.717) is 5.92 Å². The fraction of sp³-hybridized carbons (Fsp3) is 0.689. The molecule has 1 aromatic carbocycles. The van der Waals surface area contributed by atoms with E-state index >= 15 is 0 Å². The summed E-state index contributed by atoms with van der Waals surface area (Å²) < 4.78 is 0. The van der Waals surface area contributed by atoms with Crippen LogP contribution in [-0.4, -0.2) is 17.4 Å². The minimum absolute atomic E-state index is 0.125. The number of hydrogen-bond donors (Lipinski definition) is 1. The van der Waals surface area contributed by atoms with Crippen molar-refractivity contribution in [2.24, 2.45) is 11.3 Å². The molecule has 3 aliphatic rings. The molecule has 0 spiro atoms. The summed E-state index contributed by atoms with van der Waals surface area (Å²) in [6.45, 7) is 6.31. The summed E-state index contributed by atoms with van der Waals surface area (Å²) in [5, 5.41) is 11.2. The number of carboxylic acids is 1. The molecule has 1 N–H and O–H groups in total. The predicted octanol–water partition coefficient (Wildman–Crippen LogP) is 13.4. The van der Waals surface area contributed by atoms with E-state index in [1.807, 2.05) is 6.92 Å². The first kappa shape index (κ1) is 40.0. The monoisotopic (exact) mass is 659 g/mol. The molecule has 268 valence electrons. The fourth-order valence-electron chi connectivity index (χ4n) is 8.15. The van der Waals surface area contributed by atoms with E-state index in [9.17, 15) is 14.7 Å². The van der Waals surface area contributed by atoms with Gasteiger partial charge in [0.25, 0.3) is 0 Å². The highest BCUT2D eigenvalue weighted by Gasteiger charge is 2.47. The lowest BCUT2D eigenvalue weighted by molar-refractivity contribution is -0.143. The Morgan fingerprint density at radius 3 is 1.29 bits per heavy atom. The molecule has 3 nitrogen and oxygen atoms in total. The maximum absolute atomic E-state index is 13.7. The standard InChI is InChI=1S/C32H52O2.C13H18O/c33-31(34)32(28-22-16-10-4-1-5-11-17-23-28,29-24-18-12-6-2-7-13-19-25-29)30-26-20-14-8-3-9-15-21-27-30;1-10(2)13-6-4-12(5-7-13)8-11(3)9-14/h22,24,26H,1-21,23,25,27H2,(H,33,34);4-7,9-11H,8H2,1-3H3. The van der Waals surface area contributed by atoms with Crippen LogP contribution >= 0.6 is 0 Å². The molecule has 0 bridgehead atoms. The van der Waals surface area contributed by atoms with Gasteiger partial charge in [-0.15, -0.1) is 0 Å². The Labute approximate surface area is 295 Å². The van der Waals surface area contributed by atoms with Crippen LogP contribution in [0.5, 0.6) is 0 Å². The molecule has 1 aromatic rings. The normalized spacial score (nSPS) is 21.5. The van der Waals surface area contributed by atoms with E-state index in [4.69, 9.17) is 0 Å². The lowest BCUT2D eigenvalue weighted by Crippen LogP contribution is -2.38. The summed E-state index contributed by atoms with van der Waals surface area (Å²) >= 11 is 0. The molecule has 3 aliphatic carbocycles. The summed E-state index contributed by atoms with van der Waals surface area (Å²) in [4.78, 5) is 24.1. The van der Waals surface area contributed by atoms with Gasteiger partial charge in [-0.05, 0) is 117 Å². The van der Waals surface area contributed by atoms with Crippen molar-refractivity contribution in [2.45, 2.75) is 187 Å². The van der Waals surface area contributed by atoms with Crippen LogP contribution in [0.1, 0.15) is 192 Å². The van der Waals surface area contributed by atoms with Gasteiger partial charge in [-0.3, -0.25) is 4.79 Å². The Morgan fingerprint density at radius 1 is 0.604 bits per heavy atom. The number of carbonyl (C=O) groups is 2. The van der Waals surface area contributed by atoms with Crippen molar-refractivity contribution in [3.8, 4) is 0 Å². The molecule has 0 heterocycles. The van der Waals surface area contributed by atoms with E-state index in [1.165, 1.54) is 124 Å². The maximum Gasteiger partial charge on any atom is 0.322 e. The van der Waals surface area contributed by atoms with Crippen molar-refractivity contribution in [3.63, 3.8) is 0 Å². The zero-order valence-corrected chi connectivity index (χ0v) is 31.2. The molecule has 48 heavy (non-hydrogen) atoms. The van der Waals surface area contributed by atoms with Gasteiger partial charge < -0.3 is 9.90 Å². The van der Waals surface area contributed by atoms with E-state index in [1.54, 1.807) is 0 Å². The molecule has 0 aliphatic heterocycles. The molecule has 0 fully saturated rings. The van der Waals surface area contributed by atoms with Crippen LogP contribution in [0.25, 0.3) is 0 Å². The van der Waals surface area contributed by atoms with Crippen LogP contribution in [0.3, 0.4) is 0 Å². The molecule has 1 atom stereocenters. The van der Waals surface area contributed by atoms with Crippen LogP contribution in [-0.2, 0) is 16.0 Å². The van der Waals surface area contributed by atoms with Crippen LogP contribution < -0.4 is 0 Å². The zero-order chi connectivity index (χ0) is 34.5. The smallest absolute Gasteiger partial charge is 0.322 e. The molecule has 1 unspecified atom stereocenters. The Kier molecular flexibility index (Phi) is 19.2. The van der Waals surface area contributed by atoms with E-state index in [2.05, 4.69) is 56.3 Å². The highest BCUT2D eigenvalue weighted by atomic mass is 16.4. The highest BCUT2D eigenvalue weighted by molar-refractivity contribution is 5.87. The third-order valence-corrected chi connectivity index (χ3v) is 11.1. The molecule has 0 saturated heterocycles. The third kappa shape index (κ3) is 13.1. The fourth-order valence-corrected chi connectivity index (χ4v) is 8.15. The van der Waals surface area contributed by atoms with Crippen LogP contribution in [0.15, 0.2) is 59.2 Å². The minimum Gasteiger partial charge on any atom is -0.480 e. The predicted molar refractivity (Wildman–Crippen MR) is 205 cm³/mol. The van der Waals surface area contributed by atoms with Gasteiger partial charge in [0.15, 0.2) is 0 Å². The molecule has 0 amide bonds. The van der Waals surface area contributed by atoms with Crippen molar-refractivity contribution in [2.75, 3.05) is 0 Å². The Bertz CT molecular complexity index is 1070. The summed E-state index contributed by atoms with van der Waals surface area (Å²) in [5.74, 6) is 0.120. The van der Waals surface area contributed by atoms with E-state index in [0.717, 1.165) is 70.5 Å². The Balaban J connectivity index is 0.000000373. The minimum atomic E-state index is -0.877. The first-order chi connectivity index (χ1) is 23.4. The number of aliphatic carboxylic acids is 1. The number of carbonyl (C=O) groups excluding carboxylic acids is 1. The number of carboxylic acid groups (broad SMARTS) is 1. The van der Waals surface area contributed by atoms with Gasteiger partial charge in [0.2, 0.25) is 0 Å². The maximum atomic E-state index is 13.7. The van der Waals surface area contributed by atoms with E-state index in [-0.39, 0.29) is 5.92 Å². The number of rotatable bonds is 8. The van der Waals surface area contributed by atoms with Crippen LogP contribution in [0.2, 0.25) is 0 Å². The van der Waals surface area contributed by atoms with Gasteiger partial charge in [-0.2, -0.15) is 0 Å². The van der Waals surface area contributed by atoms with Crippen molar-refractivity contribution < 1.29 is 14.7 Å². The second-order valence-corrected chi connectivity index (χ2v) is 15.4. The molecule has 0 saturated carbocycles. The van der Waals surface area contributed by atoms with Crippen molar-refractivity contribution in [3.05, 3.63) is 70.3 Å². The van der Waals surface area contributed by atoms with Gasteiger partial charge in [-0.1, -0.05) is 140 Å². The van der Waals surface area contributed by atoms with E-state index < -0.39 is 11.4 Å². The zero-order valence-electron chi connectivity index (χ0n) is 31.2. The largest absolute Gasteiger partial charge is 0.480 e. The van der Waals surface area contributed by atoms with Crippen LogP contribution in [0.4, 0.5) is 0 Å². The molecule has 4 rings (SSSR count). The third-order valence-electron chi connectivity index (χ3n) is 11.1. The van der Waals surface area contributed by atoms with Crippen molar-refractivity contribution >= 4 is 12.3 Å². The van der Waals surface area contributed by atoms with Crippen LogP contribution in [0, 0.1) is 11.3 Å². The number of allylic oxidation sites excluding steroid dienone is 3. The van der Waals surface area contributed by atoms with Gasteiger partial charge in [0.1, 0.15) is 11.7 Å². The average molecular weight is 659 g/mol. The SMILES string of the molecule is CC(C=O)Cc1ccc(C(C)C)cc1.O=C(O)C(C1=CCCCCCCCC1)(C1=CCCCCCCCC1)C1=CCCCCCCCC1. The summed E-state index contributed by atoms with van der Waals surface area (Å²) in [6.07, 6.45) is 37.6. The highest BCUT2D eigenvalue weighted by Crippen LogP contribution is 2.50. The summed E-state index contributed by atoms with van der Waals surface area (Å²) in [5.41, 5.74) is 5.45. The van der Waals surface area contributed by atoms with Gasteiger partial charge >= 0.3 is 5.97 Å². The second-order valence-electron chi connectivity index (χ2n) is 15.4. The lowest BCUT2D eigenvalue weighted by atomic mass is 9.63. The molecule has 3 heteroatoms. The average Bonchev–Trinajstić information content (AvgIpc) is 3.10. The Hall–Kier alpha value is -2.42. The topological polar surface area (TPSA) is 54.4 Å². The molecule has 0 radical (unpaired) electrons. The van der Waals surface area contributed by atoms with Gasteiger partial charge in [0, 0.05) is 5.92 Å². The molecular formula is C45H70O3. The second kappa shape index (κ2) is 23.1. The van der Waals surface area contributed by atoms with Crippen molar-refractivity contribution in [1.82, 2.24) is 0 Å². The lowest BCUT2D eigenvalue weighted by Gasteiger charge is -2.39. The number of aldehydes is 1.